The second-order valence-electron chi connectivity index (χ2n) is 9.18. The van der Waals surface area contributed by atoms with Gasteiger partial charge in [-0.2, -0.15) is 0 Å². The first-order chi connectivity index (χ1) is 19.5. The molecule has 6 rings (SSSR count). The van der Waals surface area contributed by atoms with Crippen LogP contribution >= 0.6 is 11.6 Å². The van der Waals surface area contributed by atoms with Crippen LogP contribution in [0.5, 0.6) is 0 Å². The number of nitrogens with one attached hydrogen (secondary N) is 3. The zero-order valence-corrected chi connectivity index (χ0v) is 21.8. The third-order valence-corrected chi connectivity index (χ3v) is 6.71. The van der Waals surface area contributed by atoms with Crippen LogP contribution in [0.25, 0.3) is 22.1 Å². The fourth-order valence-corrected chi connectivity index (χ4v) is 4.85. The molecule has 198 valence electrons. The Morgan fingerprint density at radius 2 is 1.75 bits per heavy atom. The third kappa shape index (κ3) is 4.95. The molecule has 2 amide bonds. The van der Waals surface area contributed by atoms with Crippen LogP contribution in [0.4, 0.5) is 11.5 Å². The van der Waals surface area contributed by atoms with Crippen LogP contribution in [0, 0.1) is 0 Å². The van der Waals surface area contributed by atoms with E-state index < -0.39 is 0 Å². The lowest BCUT2D eigenvalue weighted by molar-refractivity contribution is 0.0951. The van der Waals surface area contributed by atoms with E-state index in [0.717, 1.165) is 22.2 Å². The first kappa shape index (κ1) is 25.1. The molecule has 0 atom stereocenters. The van der Waals surface area contributed by atoms with Crippen molar-refractivity contribution in [2.75, 3.05) is 11.1 Å². The number of nitrogens with two attached hydrogens (primary N) is 1. The molecule has 0 saturated carbocycles. The van der Waals surface area contributed by atoms with E-state index >= 15 is 0 Å². The largest absolute Gasteiger partial charge is 0.382 e. The van der Waals surface area contributed by atoms with Crippen molar-refractivity contribution in [3.63, 3.8) is 0 Å². The quantitative estimate of drug-likeness (QED) is 0.225. The minimum Gasteiger partial charge on any atom is -0.382 e. The summed E-state index contributed by atoms with van der Waals surface area (Å²) in [5, 5.41) is 7.26. The average Bonchev–Trinajstić information content (AvgIpc) is 3.57. The summed E-state index contributed by atoms with van der Waals surface area (Å²) >= 11 is 6.44. The summed E-state index contributed by atoms with van der Waals surface area (Å²) in [5.41, 5.74) is 11.0. The van der Waals surface area contributed by atoms with E-state index in [4.69, 9.17) is 17.3 Å². The maximum atomic E-state index is 13.1. The summed E-state index contributed by atoms with van der Waals surface area (Å²) in [5.74, 6) is -0.289. The number of amides is 2. The number of benzene rings is 3. The molecule has 6 aromatic rings. The molecule has 3 aromatic carbocycles. The molecule has 10 nitrogen and oxygen atoms in total. The first-order valence-electron chi connectivity index (χ1n) is 12.4. The standard InChI is InChI=1S/C29H23ClN8O2/c30-20-10-18-12-21(36-24(18)19(11-20)14-38-16-35-25-26(31)33-15-34-27(25)38)13-32-29(40)22-8-4-5-9-23(22)37-28(39)17-6-2-1-3-7-17/h1-12,15-16,36H,13-14H2,(H,32,40)(H,37,39)(H2,31,33,34). The van der Waals surface area contributed by atoms with E-state index in [2.05, 4.69) is 30.6 Å². The topological polar surface area (TPSA) is 144 Å². The van der Waals surface area contributed by atoms with Gasteiger partial charge in [0.25, 0.3) is 11.8 Å². The first-order valence-corrected chi connectivity index (χ1v) is 12.8. The van der Waals surface area contributed by atoms with Gasteiger partial charge in [-0.1, -0.05) is 41.9 Å². The van der Waals surface area contributed by atoms with Crippen LogP contribution < -0.4 is 16.4 Å². The van der Waals surface area contributed by atoms with E-state index in [1.54, 1.807) is 54.9 Å². The Morgan fingerprint density at radius 1 is 0.950 bits per heavy atom. The summed E-state index contributed by atoms with van der Waals surface area (Å²) in [6.07, 6.45) is 3.07. The number of nitrogen functional groups attached to an aromatic ring is 1. The van der Waals surface area contributed by atoms with E-state index in [1.165, 1.54) is 6.33 Å². The number of anilines is 2. The highest BCUT2D eigenvalue weighted by molar-refractivity contribution is 6.31. The molecule has 0 aliphatic rings. The smallest absolute Gasteiger partial charge is 0.255 e. The highest BCUT2D eigenvalue weighted by Gasteiger charge is 2.16. The minimum absolute atomic E-state index is 0.239. The number of hydrogen-bond donors (Lipinski definition) is 4. The van der Waals surface area contributed by atoms with Crippen molar-refractivity contribution in [2.45, 2.75) is 13.1 Å². The summed E-state index contributed by atoms with van der Waals surface area (Å²) in [6.45, 7) is 0.689. The molecule has 40 heavy (non-hydrogen) atoms. The van der Waals surface area contributed by atoms with Gasteiger partial charge in [0.05, 0.1) is 36.2 Å². The van der Waals surface area contributed by atoms with Crippen LogP contribution in [0.2, 0.25) is 5.02 Å². The molecule has 0 unspecified atom stereocenters. The van der Waals surface area contributed by atoms with Crippen molar-refractivity contribution >= 4 is 57.0 Å². The number of nitrogens with zero attached hydrogens (tertiary/aromatic N) is 4. The summed E-state index contributed by atoms with van der Waals surface area (Å²) in [6, 6.07) is 21.4. The number of rotatable bonds is 7. The van der Waals surface area contributed by atoms with Gasteiger partial charge >= 0.3 is 0 Å². The van der Waals surface area contributed by atoms with Gasteiger partial charge < -0.3 is 25.9 Å². The number of halogens is 1. The van der Waals surface area contributed by atoms with E-state index in [0.29, 0.717) is 45.4 Å². The highest BCUT2D eigenvalue weighted by Crippen LogP contribution is 2.27. The van der Waals surface area contributed by atoms with Gasteiger partial charge in [0.15, 0.2) is 11.5 Å². The third-order valence-electron chi connectivity index (χ3n) is 6.50. The second kappa shape index (κ2) is 10.5. The van der Waals surface area contributed by atoms with Gasteiger partial charge in [0, 0.05) is 21.7 Å². The zero-order chi connectivity index (χ0) is 27.6. The van der Waals surface area contributed by atoms with E-state index in [1.807, 2.05) is 28.8 Å². The van der Waals surface area contributed by atoms with Crippen molar-refractivity contribution in [3.8, 4) is 0 Å². The SMILES string of the molecule is Nc1ncnc2c1ncn2Cc1cc(Cl)cc2cc(CNC(=O)c3ccccc3NC(=O)c3ccccc3)[nH]c12. The summed E-state index contributed by atoms with van der Waals surface area (Å²) < 4.78 is 1.88. The Hall–Kier alpha value is -5.22. The van der Waals surface area contributed by atoms with Crippen molar-refractivity contribution in [3.05, 3.63) is 113 Å². The second-order valence-corrected chi connectivity index (χ2v) is 9.61. The maximum Gasteiger partial charge on any atom is 0.255 e. The monoisotopic (exact) mass is 550 g/mol. The number of hydrogen-bond acceptors (Lipinski definition) is 6. The predicted molar refractivity (Wildman–Crippen MR) is 154 cm³/mol. The molecule has 5 N–H and O–H groups in total. The predicted octanol–water partition coefficient (Wildman–Crippen LogP) is 4.77. The Balaban J connectivity index is 1.21. The summed E-state index contributed by atoms with van der Waals surface area (Å²) in [7, 11) is 0. The number of aromatic nitrogens is 5. The van der Waals surface area contributed by atoms with Gasteiger partial charge in [-0.25, -0.2) is 15.0 Å². The Labute approximate surface area is 233 Å². The lowest BCUT2D eigenvalue weighted by Crippen LogP contribution is -2.25. The van der Waals surface area contributed by atoms with E-state index in [-0.39, 0.29) is 18.4 Å². The number of fused-ring (bicyclic) bond motifs is 2. The van der Waals surface area contributed by atoms with Crippen molar-refractivity contribution < 1.29 is 9.59 Å². The maximum absolute atomic E-state index is 13.1. The average molecular weight is 551 g/mol. The van der Waals surface area contributed by atoms with Gasteiger partial charge in [-0.3, -0.25) is 9.59 Å². The van der Waals surface area contributed by atoms with Gasteiger partial charge in [0.1, 0.15) is 11.8 Å². The van der Waals surface area contributed by atoms with Crippen LogP contribution in [-0.2, 0) is 13.1 Å². The molecule has 0 aliphatic heterocycles. The molecular weight excluding hydrogens is 528 g/mol. The normalized spacial score (nSPS) is 11.1. The lowest BCUT2D eigenvalue weighted by atomic mass is 10.1. The molecule has 3 heterocycles. The Morgan fingerprint density at radius 3 is 2.60 bits per heavy atom. The Bertz CT molecular complexity index is 1880. The van der Waals surface area contributed by atoms with E-state index in [9.17, 15) is 9.59 Å². The molecule has 0 spiro atoms. The minimum atomic E-state index is -0.317. The number of aromatic amines is 1. The molecule has 0 saturated heterocycles. The number of imidazole rings is 1. The molecule has 0 radical (unpaired) electrons. The fourth-order valence-electron chi connectivity index (χ4n) is 4.60. The number of carbonyl (C=O) groups excluding carboxylic acids is 2. The number of H-pyrrole nitrogens is 1. The molecular formula is C29H23ClN8O2. The molecule has 11 heteroatoms. The summed E-state index contributed by atoms with van der Waals surface area (Å²) in [4.78, 5) is 41.8. The highest BCUT2D eigenvalue weighted by atomic mass is 35.5. The van der Waals surface area contributed by atoms with Gasteiger partial charge in [-0.15, -0.1) is 0 Å². The van der Waals surface area contributed by atoms with Crippen molar-refractivity contribution in [1.82, 2.24) is 29.8 Å². The van der Waals surface area contributed by atoms with Crippen molar-refractivity contribution in [2.24, 2.45) is 0 Å². The number of para-hydroxylation sites is 1. The lowest BCUT2D eigenvalue weighted by Gasteiger charge is -2.11. The Kier molecular flexibility index (Phi) is 6.59. The molecule has 3 aromatic heterocycles. The molecule has 0 bridgehead atoms. The van der Waals surface area contributed by atoms with Gasteiger partial charge in [0.2, 0.25) is 0 Å². The molecule has 0 aliphatic carbocycles. The van der Waals surface area contributed by atoms with Gasteiger partial charge in [-0.05, 0) is 48.0 Å². The van der Waals surface area contributed by atoms with Crippen LogP contribution in [0.15, 0.2) is 85.5 Å². The van der Waals surface area contributed by atoms with Crippen LogP contribution in [0.3, 0.4) is 0 Å². The van der Waals surface area contributed by atoms with Crippen molar-refractivity contribution in [1.29, 1.82) is 0 Å². The van der Waals surface area contributed by atoms with Crippen LogP contribution in [-0.4, -0.2) is 36.3 Å². The fraction of sp³-hybridized carbons (Fsp3) is 0.0690. The zero-order valence-electron chi connectivity index (χ0n) is 21.1. The number of carbonyl (C=O) groups is 2. The van der Waals surface area contributed by atoms with Crippen LogP contribution in [0.1, 0.15) is 32.0 Å². The molecule has 0 fully saturated rings.